The lowest BCUT2D eigenvalue weighted by atomic mass is 9.84. The van der Waals surface area contributed by atoms with Gasteiger partial charge in [0.05, 0.1) is 23.2 Å². The van der Waals surface area contributed by atoms with Crippen molar-refractivity contribution in [2.45, 2.75) is 104 Å². The topological polar surface area (TPSA) is 168 Å². The highest BCUT2D eigenvalue weighted by Crippen LogP contribution is 2.42. The van der Waals surface area contributed by atoms with E-state index in [0.717, 1.165) is 0 Å². The molecule has 2 amide bonds. The van der Waals surface area contributed by atoms with Gasteiger partial charge < -0.3 is 29.6 Å². The van der Waals surface area contributed by atoms with Crippen LogP contribution in [0.3, 0.4) is 0 Å². The molecule has 13 nitrogen and oxygen atoms in total. The molecule has 3 aromatic heterocycles. The number of methoxy groups -OCH3 is 1. The summed E-state index contributed by atoms with van der Waals surface area (Å²) in [4.78, 5) is 47.8. The number of alkyl halides is 3. The standard InChI is InChI=1S/C41H51F3N6O7/c1-24(56-7)34-27(12-9-17-45-34)35-29(21-40(5,6)23-51)28-19-25(15-16-33(28)49(35)22-41(42,43)44)30-13-8-11-26(46-30)20-32(47-38(55)57-39(2,3)4)36(52)50-18-10-14-31(48-50)37(53)54/h8-9,11-13,15-17,19,24,31-32,48,51H,10,14,18,20-23H2,1-7H3,(H,47,55)(H,53,54)/t24-,31?,32-/m0/s1. The Kier molecular flexibility index (Phi) is 13.0. The third-order valence-corrected chi connectivity index (χ3v) is 9.68. The number of ether oxygens (including phenoxy) is 2. The molecule has 1 aliphatic rings. The third kappa shape index (κ3) is 10.7. The zero-order chi connectivity index (χ0) is 41.9. The lowest BCUT2D eigenvalue weighted by molar-refractivity contribution is -0.147. The summed E-state index contributed by atoms with van der Waals surface area (Å²) in [6, 6.07) is 11.4. The first-order valence-corrected chi connectivity index (χ1v) is 18.8. The number of hydrogen-bond donors (Lipinski definition) is 4. The van der Waals surface area contributed by atoms with Crippen LogP contribution in [0.1, 0.15) is 77.4 Å². The van der Waals surface area contributed by atoms with E-state index in [0.29, 0.717) is 63.2 Å². The minimum Gasteiger partial charge on any atom is -0.480 e. The van der Waals surface area contributed by atoms with Gasteiger partial charge in [-0.05, 0) is 94.3 Å². The SMILES string of the molecule is CO[C@@H](C)c1ncccc1-c1c(CC(C)(C)CO)c2cc(-c3cccc(C[C@H](NC(=O)OC(C)(C)C)C(=O)N4CCCC(C(=O)O)N4)n3)ccc2n1CC(F)(F)F. The summed E-state index contributed by atoms with van der Waals surface area (Å²) in [7, 11) is 1.50. The number of rotatable bonds is 13. The van der Waals surface area contributed by atoms with Crippen molar-refractivity contribution in [3.63, 3.8) is 0 Å². The summed E-state index contributed by atoms with van der Waals surface area (Å²) in [5.74, 6) is -1.68. The van der Waals surface area contributed by atoms with Crippen molar-refractivity contribution in [1.29, 1.82) is 0 Å². The summed E-state index contributed by atoms with van der Waals surface area (Å²) in [6.45, 7) is 9.21. The number of pyridine rings is 2. The van der Waals surface area contributed by atoms with Crippen molar-refractivity contribution >= 4 is 28.9 Å². The molecule has 1 aromatic carbocycles. The largest absolute Gasteiger partial charge is 0.480 e. The Balaban J connectivity index is 1.62. The Labute approximate surface area is 329 Å². The van der Waals surface area contributed by atoms with Crippen LogP contribution in [0.4, 0.5) is 18.0 Å². The average molecular weight is 797 g/mol. The number of aromatic nitrogens is 3. The second-order valence-electron chi connectivity index (χ2n) is 16.1. The molecule has 4 aromatic rings. The second-order valence-corrected chi connectivity index (χ2v) is 16.1. The molecule has 4 N–H and O–H groups in total. The number of aliphatic hydroxyl groups excluding tert-OH is 1. The van der Waals surface area contributed by atoms with Crippen LogP contribution in [0.5, 0.6) is 0 Å². The molecular weight excluding hydrogens is 745 g/mol. The van der Waals surface area contributed by atoms with E-state index in [4.69, 9.17) is 14.5 Å². The van der Waals surface area contributed by atoms with Crippen molar-refractivity contribution in [1.82, 2.24) is 30.3 Å². The Hall–Kier alpha value is -5.06. The van der Waals surface area contributed by atoms with E-state index in [2.05, 4.69) is 15.7 Å². The maximum absolute atomic E-state index is 14.4. The number of hydrogen-bond acceptors (Lipinski definition) is 9. The molecule has 57 heavy (non-hydrogen) atoms. The Bertz CT molecular complexity index is 2100. The Morgan fingerprint density at radius 3 is 2.46 bits per heavy atom. The quantitative estimate of drug-likeness (QED) is 0.116. The van der Waals surface area contributed by atoms with E-state index in [1.54, 1.807) is 82.4 Å². The van der Waals surface area contributed by atoms with Crippen molar-refractivity contribution in [3.05, 3.63) is 71.7 Å². The molecule has 1 aliphatic heterocycles. The first-order chi connectivity index (χ1) is 26.7. The molecule has 0 saturated carbocycles. The van der Waals surface area contributed by atoms with Gasteiger partial charge in [0.25, 0.3) is 5.91 Å². The number of hydrazine groups is 1. The number of carboxylic acid groups (broad SMARTS) is 1. The number of benzene rings is 1. The number of carbonyl (C=O) groups is 3. The van der Waals surface area contributed by atoms with Crippen LogP contribution >= 0.6 is 0 Å². The molecule has 4 heterocycles. The van der Waals surface area contributed by atoms with Gasteiger partial charge in [-0.25, -0.2) is 10.2 Å². The first kappa shape index (κ1) is 43.1. The number of carboxylic acids is 1. The predicted octanol–water partition coefficient (Wildman–Crippen LogP) is 6.61. The lowest BCUT2D eigenvalue weighted by Crippen LogP contribution is -2.60. The Morgan fingerprint density at radius 1 is 1.07 bits per heavy atom. The molecule has 0 aliphatic carbocycles. The summed E-state index contributed by atoms with van der Waals surface area (Å²) >= 11 is 0. The number of nitrogens with one attached hydrogen (secondary N) is 2. The highest BCUT2D eigenvalue weighted by Gasteiger charge is 2.36. The van der Waals surface area contributed by atoms with Crippen molar-refractivity contribution in [3.8, 4) is 22.5 Å². The van der Waals surface area contributed by atoms with Crippen LogP contribution in [0.2, 0.25) is 0 Å². The fraction of sp³-hybridized carbons (Fsp3) is 0.488. The summed E-state index contributed by atoms with van der Waals surface area (Å²) in [5, 5.41) is 24.3. The summed E-state index contributed by atoms with van der Waals surface area (Å²) in [6.07, 6.45) is -3.50. The first-order valence-electron chi connectivity index (χ1n) is 18.8. The molecule has 1 fully saturated rings. The van der Waals surface area contributed by atoms with Crippen LogP contribution in [0, 0.1) is 5.41 Å². The van der Waals surface area contributed by atoms with Gasteiger partial charge in [0, 0.05) is 60.6 Å². The van der Waals surface area contributed by atoms with Crippen molar-refractivity contribution in [2.24, 2.45) is 5.41 Å². The fourth-order valence-electron chi connectivity index (χ4n) is 6.93. The van der Waals surface area contributed by atoms with Gasteiger partial charge in [0.1, 0.15) is 24.2 Å². The second kappa shape index (κ2) is 17.2. The van der Waals surface area contributed by atoms with Gasteiger partial charge in [0.15, 0.2) is 0 Å². The molecule has 16 heteroatoms. The van der Waals surface area contributed by atoms with E-state index < -0.39 is 59.9 Å². The fourth-order valence-corrected chi connectivity index (χ4v) is 6.93. The van der Waals surface area contributed by atoms with Crippen LogP contribution in [-0.4, -0.2) is 91.8 Å². The average Bonchev–Trinajstić information content (AvgIpc) is 3.42. The van der Waals surface area contributed by atoms with E-state index in [1.807, 2.05) is 13.8 Å². The number of alkyl carbamates (subject to hydrolysis) is 1. The highest BCUT2D eigenvalue weighted by molar-refractivity contribution is 5.95. The number of aliphatic carboxylic acids is 1. The van der Waals surface area contributed by atoms with Gasteiger partial charge in [-0.3, -0.25) is 24.6 Å². The zero-order valence-corrected chi connectivity index (χ0v) is 33.2. The molecule has 0 spiro atoms. The van der Waals surface area contributed by atoms with Gasteiger partial charge >= 0.3 is 18.2 Å². The van der Waals surface area contributed by atoms with Crippen LogP contribution < -0.4 is 10.7 Å². The number of carbonyl (C=O) groups excluding carboxylic acids is 2. The maximum Gasteiger partial charge on any atom is 0.408 e. The smallest absolute Gasteiger partial charge is 0.408 e. The lowest BCUT2D eigenvalue weighted by Gasteiger charge is -2.34. The molecule has 308 valence electrons. The molecule has 1 saturated heterocycles. The third-order valence-electron chi connectivity index (χ3n) is 9.68. The summed E-state index contributed by atoms with van der Waals surface area (Å²) in [5.41, 5.74) is 4.76. The van der Waals surface area contributed by atoms with Gasteiger partial charge in [0.2, 0.25) is 0 Å². The summed E-state index contributed by atoms with van der Waals surface area (Å²) < 4.78 is 55.4. The number of halogens is 3. The minimum absolute atomic E-state index is 0.0897. The van der Waals surface area contributed by atoms with Crippen LogP contribution in [0.15, 0.2) is 54.7 Å². The normalized spacial score (nSPS) is 16.3. The monoisotopic (exact) mass is 796 g/mol. The Morgan fingerprint density at radius 2 is 1.81 bits per heavy atom. The molecule has 5 rings (SSSR count). The zero-order valence-electron chi connectivity index (χ0n) is 33.2. The minimum atomic E-state index is -4.58. The van der Waals surface area contributed by atoms with Gasteiger partial charge in [-0.2, -0.15) is 13.2 Å². The molecule has 0 bridgehead atoms. The molecule has 3 atom stereocenters. The van der Waals surface area contributed by atoms with E-state index in [-0.39, 0.29) is 26.0 Å². The maximum atomic E-state index is 14.4. The highest BCUT2D eigenvalue weighted by atomic mass is 19.4. The number of nitrogens with zero attached hydrogens (tertiary/aromatic N) is 4. The van der Waals surface area contributed by atoms with Crippen LogP contribution in [-0.2, 0) is 38.4 Å². The van der Waals surface area contributed by atoms with Gasteiger partial charge in [-0.1, -0.05) is 26.0 Å². The number of aliphatic hydroxyl groups is 1. The van der Waals surface area contributed by atoms with Crippen LogP contribution in [0.25, 0.3) is 33.4 Å². The van der Waals surface area contributed by atoms with E-state index >= 15 is 0 Å². The van der Waals surface area contributed by atoms with Crippen molar-refractivity contribution in [2.75, 3.05) is 20.3 Å². The van der Waals surface area contributed by atoms with Crippen molar-refractivity contribution < 1.29 is 47.2 Å². The molecule has 0 radical (unpaired) electrons. The number of amides is 2. The van der Waals surface area contributed by atoms with Gasteiger partial charge in [-0.15, -0.1) is 0 Å². The molecular formula is C41H51F3N6O7. The predicted molar refractivity (Wildman–Crippen MR) is 207 cm³/mol. The van der Waals surface area contributed by atoms with E-state index in [1.165, 1.54) is 16.7 Å². The van der Waals surface area contributed by atoms with E-state index in [9.17, 15) is 37.8 Å². The molecule has 1 unspecified atom stereocenters. The number of fused-ring (bicyclic) bond motifs is 1.